The largest absolute Gasteiger partial charge is 0.462 e. The quantitative estimate of drug-likeness (QED) is 0.571. The Hall–Kier alpha value is -2.40. The summed E-state index contributed by atoms with van der Waals surface area (Å²) in [5, 5.41) is 10.2. The standard InChI is InChI=1S/C23H28O5/c1-15(2)7-6-10-17(24)11-12-18-19-13-22(25)27-21(19)14-20(18)28-23(26)16-8-4-3-5-9-16/h3-5,7-9,11-12,17-21,24H,6,10,13-14H2,1-2H3/t17-,18-,19-,20-,21+/m1/s1. The molecule has 0 bridgehead atoms. The first-order valence-electron chi connectivity index (χ1n) is 9.89. The number of aliphatic hydroxyl groups is 1. The summed E-state index contributed by atoms with van der Waals surface area (Å²) in [7, 11) is 0. The van der Waals surface area contributed by atoms with Crippen LogP contribution in [0.3, 0.4) is 0 Å². The maximum absolute atomic E-state index is 12.5. The predicted molar refractivity (Wildman–Crippen MR) is 106 cm³/mol. The highest BCUT2D eigenvalue weighted by atomic mass is 16.6. The fourth-order valence-electron chi connectivity index (χ4n) is 3.97. The number of carbonyl (C=O) groups is 2. The Balaban J connectivity index is 1.67. The first kappa shape index (κ1) is 20.3. The molecule has 5 atom stereocenters. The van der Waals surface area contributed by atoms with Crippen molar-refractivity contribution in [3.05, 3.63) is 59.7 Å². The number of rotatable bonds is 7. The normalized spacial score (nSPS) is 27.3. The van der Waals surface area contributed by atoms with E-state index in [0.29, 0.717) is 24.8 Å². The Morgan fingerprint density at radius 3 is 2.79 bits per heavy atom. The zero-order chi connectivity index (χ0) is 20.1. The van der Waals surface area contributed by atoms with Crippen molar-refractivity contribution in [2.75, 3.05) is 0 Å². The molecule has 0 unspecified atom stereocenters. The molecule has 2 aliphatic rings. The molecule has 0 amide bonds. The van der Waals surface area contributed by atoms with Gasteiger partial charge in [0.25, 0.3) is 0 Å². The first-order valence-corrected chi connectivity index (χ1v) is 9.89. The second kappa shape index (κ2) is 9.20. The Bertz CT molecular complexity index is 748. The van der Waals surface area contributed by atoms with E-state index in [1.54, 1.807) is 30.3 Å². The van der Waals surface area contributed by atoms with Crippen molar-refractivity contribution >= 4 is 11.9 Å². The lowest BCUT2D eigenvalue weighted by molar-refractivity contribution is -0.141. The topological polar surface area (TPSA) is 72.8 Å². The minimum absolute atomic E-state index is 0.0118. The molecule has 1 saturated carbocycles. The summed E-state index contributed by atoms with van der Waals surface area (Å²) in [4.78, 5) is 24.1. The van der Waals surface area contributed by atoms with E-state index in [1.165, 1.54) is 5.57 Å². The van der Waals surface area contributed by atoms with Crippen LogP contribution in [0.4, 0.5) is 0 Å². The Labute approximate surface area is 166 Å². The summed E-state index contributed by atoms with van der Waals surface area (Å²) in [5.41, 5.74) is 1.73. The number of esters is 2. The Morgan fingerprint density at radius 2 is 2.07 bits per heavy atom. The van der Waals surface area contributed by atoms with Crippen LogP contribution in [0.2, 0.25) is 0 Å². The van der Waals surface area contributed by atoms with Gasteiger partial charge in [-0.05, 0) is 38.8 Å². The fraction of sp³-hybridized carbons (Fsp3) is 0.478. The molecule has 3 rings (SSSR count). The summed E-state index contributed by atoms with van der Waals surface area (Å²) in [5.74, 6) is -0.728. The number of allylic oxidation sites excluding steroid dienone is 2. The van der Waals surface area contributed by atoms with Gasteiger partial charge in [-0.25, -0.2) is 4.79 Å². The van der Waals surface area contributed by atoms with Crippen molar-refractivity contribution in [1.29, 1.82) is 0 Å². The SMILES string of the molecule is CC(C)=CCC[C@@H](O)C=C[C@@H]1[C@H]2CC(=O)O[C@H]2C[C@H]1OC(=O)c1ccccc1. The third-order valence-electron chi connectivity index (χ3n) is 5.39. The predicted octanol–water partition coefficient (Wildman–Crippen LogP) is 3.83. The van der Waals surface area contributed by atoms with E-state index in [0.717, 1.165) is 6.42 Å². The third-order valence-corrected chi connectivity index (χ3v) is 5.39. The maximum Gasteiger partial charge on any atom is 0.338 e. The van der Waals surface area contributed by atoms with Gasteiger partial charge in [0.1, 0.15) is 12.2 Å². The van der Waals surface area contributed by atoms with Gasteiger partial charge < -0.3 is 14.6 Å². The van der Waals surface area contributed by atoms with Crippen LogP contribution in [0.1, 0.15) is 49.9 Å². The lowest BCUT2D eigenvalue weighted by atomic mass is 9.91. The van der Waals surface area contributed by atoms with Gasteiger partial charge in [-0.2, -0.15) is 0 Å². The average molecular weight is 384 g/mol. The molecule has 1 aromatic carbocycles. The van der Waals surface area contributed by atoms with Crippen LogP contribution >= 0.6 is 0 Å². The molecular weight excluding hydrogens is 356 g/mol. The number of benzene rings is 1. The summed E-state index contributed by atoms with van der Waals surface area (Å²) in [6.45, 7) is 4.06. The van der Waals surface area contributed by atoms with Crippen LogP contribution in [0, 0.1) is 11.8 Å². The molecule has 1 aliphatic carbocycles. The summed E-state index contributed by atoms with van der Waals surface area (Å²) < 4.78 is 11.2. The minimum Gasteiger partial charge on any atom is -0.462 e. The van der Waals surface area contributed by atoms with Crippen LogP contribution in [0.25, 0.3) is 0 Å². The van der Waals surface area contributed by atoms with Crippen LogP contribution in [0.15, 0.2) is 54.1 Å². The van der Waals surface area contributed by atoms with Gasteiger partial charge in [0.2, 0.25) is 0 Å². The number of carbonyl (C=O) groups excluding carboxylic acids is 2. The van der Waals surface area contributed by atoms with Gasteiger partial charge in [0.15, 0.2) is 0 Å². The molecule has 1 saturated heterocycles. The second-order valence-electron chi connectivity index (χ2n) is 7.83. The van der Waals surface area contributed by atoms with Crippen molar-refractivity contribution in [1.82, 2.24) is 0 Å². The molecule has 1 aliphatic heterocycles. The Morgan fingerprint density at radius 1 is 1.32 bits per heavy atom. The number of hydrogen-bond donors (Lipinski definition) is 1. The maximum atomic E-state index is 12.5. The van der Waals surface area contributed by atoms with Crippen LogP contribution in [-0.2, 0) is 14.3 Å². The van der Waals surface area contributed by atoms with Crippen LogP contribution < -0.4 is 0 Å². The number of fused-ring (bicyclic) bond motifs is 1. The molecule has 5 heteroatoms. The molecule has 1 heterocycles. The van der Waals surface area contributed by atoms with E-state index >= 15 is 0 Å². The van der Waals surface area contributed by atoms with E-state index < -0.39 is 6.10 Å². The van der Waals surface area contributed by atoms with Crippen molar-refractivity contribution in [2.24, 2.45) is 11.8 Å². The van der Waals surface area contributed by atoms with E-state index in [2.05, 4.69) is 6.08 Å². The molecule has 1 aromatic rings. The number of hydrogen-bond acceptors (Lipinski definition) is 5. The Kier molecular flexibility index (Phi) is 6.68. The number of ether oxygens (including phenoxy) is 2. The smallest absolute Gasteiger partial charge is 0.338 e. The summed E-state index contributed by atoms with van der Waals surface area (Å²) in [6, 6.07) is 8.87. The van der Waals surface area contributed by atoms with Crippen molar-refractivity contribution in [3.8, 4) is 0 Å². The van der Waals surface area contributed by atoms with Gasteiger partial charge in [-0.3, -0.25) is 4.79 Å². The lowest BCUT2D eigenvalue weighted by Crippen LogP contribution is -2.25. The molecule has 1 N–H and O–H groups in total. The summed E-state index contributed by atoms with van der Waals surface area (Å²) in [6.07, 6.45) is 6.86. The van der Waals surface area contributed by atoms with Crippen LogP contribution in [0.5, 0.6) is 0 Å². The van der Waals surface area contributed by atoms with Crippen molar-refractivity contribution in [2.45, 2.75) is 57.8 Å². The van der Waals surface area contributed by atoms with Gasteiger partial charge in [-0.15, -0.1) is 0 Å². The molecular formula is C23H28O5. The van der Waals surface area contributed by atoms with Crippen LogP contribution in [-0.4, -0.2) is 35.4 Å². The zero-order valence-corrected chi connectivity index (χ0v) is 16.4. The van der Waals surface area contributed by atoms with E-state index in [-0.39, 0.29) is 36.0 Å². The van der Waals surface area contributed by atoms with Crippen molar-refractivity contribution < 1.29 is 24.2 Å². The fourth-order valence-corrected chi connectivity index (χ4v) is 3.97. The first-order chi connectivity index (χ1) is 13.4. The lowest BCUT2D eigenvalue weighted by Gasteiger charge is -2.20. The molecule has 150 valence electrons. The molecule has 28 heavy (non-hydrogen) atoms. The monoisotopic (exact) mass is 384 g/mol. The molecule has 0 spiro atoms. The van der Waals surface area contributed by atoms with Gasteiger partial charge >= 0.3 is 11.9 Å². The van der Waals surface area contributed by atoms with E-state index in [1.807, 2.05) is 26.0 Å². The van der Waals surface area contributed by atoms with E-state index in [9.17, 15) is 14.7 Å². The van der Waals surface area contributed by atoms with Gasteiger partial charge in [-0.1, -0.05) is 42.0 Å². The van der Waals surface area contributed by atoms with Gasteiger partial charge in [0.05, 0.1) is 18.1 Å². The highest BCUT2D eigenvalue weighted by Gasteiger charge is 2.50. The average Bonchev–Trinajstić information content (AvgIpc) is 3.16. The minimum atomic E-state index is -0.571. The van der Waals surface area contributed by atoms with Gasteiger partial charge in [0, 0.05) is 18.3 Å². The molecule has 5 nitrogen and oxygen atoms in total. The molecule has 2 fully saturated rings. The highest BCUT2D eigenvalue weighted by Crippen LogP contribution is 2.43. The summed E-state index contributed by atoms with van der Waals surface area (Å²) >= 11 is 0. The molecule has 0 aromatic heterocycles. The molecule has 0 radical (unpaired) electrons. The highest BCUT2D eigenvalue weighted by molar-refractivity contribution is 5.89. The zero-order valence-electron chi connectivity index (χ0n) is 16.4. The number of aliphatic hydroxyl groups excluding tert-OH is 1. The second-order valence-corrected chi connectivity index (χ2v) is 7.83. The third kappa shape index (κ3) is 5.10. The van der Waals surface area contributed by atoms with E-state index in [4.69, 9.17) is 9.47 Å². The van der Waals surface area contributed by atoms with Crippen molar-refractivity contribution in [3.63, 3.8) is 0 Å².